The number of halogens is 1. The van der Waals surface area contributed by atoms with E-state index < -0.39 is 0 Å². The van der Waals surface area contributed by atoms with Crippen LogP contribution in [0.5, 0.6) is 0 Å². The summed E-state index contributed by atoms with van der Waals surface area (Å²) in [6.45, 7) is 4.52. The molecule has 1 saturated heterocycles. The van der Waals surface area contributed by atoms with Crippen LogP contribution < -0.4 is 15.5 Å². The zero-order valence-electron chi connectivity index (χ0n) is 22.5. The van der Waals surface area contributed by atoms with E-state index >= 15 is 0 Å². The maximum atomic E-state index is 12.8. The van der Waals surface area contributed by atoms with Crippen LogP contribution in [0.1, 0.15) is 21.7 Å². The SMILES string of the molecule is Cc1ccc(-c2ccc(/C=C/C(=O)NC(=S)Nc3ccccc3N3CCN(C(=O)c4ccccc4)CC3)o2)cc1Cl. The Kier molecular flexibility index (Phi) is 8.82. The van der Waals surface area contributed by atoms with Crippen LogP contribution in [0.15, 0.2) is 95.4 Å². The number of furan rings is 1. The van der Waals surface area contributed by atoms with Crippen molar-refractivity contribution in [2.24, 2.45) is 0 Å². The molecule has 4 aromatic rings. The lowest BCUT2D eigenvalue weighted by atomic mass is 10.1. The van der Waals surface area contributed by atoms with Crippen LogP contribution in [0.4, 0.5) is 11.4 Å². The highest BCUT2D eigenvalue weighted by atomic mass is 35.5. The van der Waals surface area contributed by atoms with Gasteiger partial charge in [-0.2, -0.15) is 0 Å². The number of hydrogen-bond donors (Lipinski definition) is 2. The highest BCUT2D eigenvalue weighted by Gasteiger charge is 2.23. The molecular formula is C32H29ClN4O3S. The lowest BCUT2D eigenvalue weighted by molar-refractivity contribution is -0.115. The fourth-order valence-corrected chi connectivity index (χ4v) is 4.97. The molecule has 0 spiro atoms. The molecule has 7 nitrogen and oxygen atoms in total. The molecule has 0 unspecified atom stereocenters. The Bertz CT molecular complexity index is 1590. The van der Waals surface area contributed by atoms with Crippen LogP contribution in [0.25, 0.3) is 17.4 Å². The lowest BCUT2D eigenvalue weighted by Gasteiger charge is -2.37. The van der Waals surface area contributed by atoms with Gasteiger partial charge in [0.2, 0.25) is 5.91 Å². The van der Waals surface area contributed by atoms with Gasteiger partial charge in [0.1, 0.15) is 11.5 Å². The number of carbonyl (C=O) groups excluding carboxylic acids is 2. The van der Waals surface area contributed by atoms with Crippen molar-refractivity contribution in [2.45, 2.75) is 6.92 Å². The molecule has 5 rings (SSSR count). The number of benzene rings is 3. The summed E-state index contributed by atoms with van der Waals surface area (Å²) in [5, 5.41) is 6.67. The summed E-state index contributed by atoms with van der Waals surface area (Å²) in [6.07, 6.45) is 2.95. The van der Waals surface area contributed by atoms with Gasteiger partial charge < -0.3 is 19.5 Å². The molecule has 0 radical (unpaired) electrons. The number of hydrogen-bond acceptors (Lipinski definition) is 5. The molecular weight excluding hydrogens is 556 g/mol. The van der Waals surface area contributed by atoms with Crippen LogP contribution in [0.2, 0.25) is 5.02 Å². The summed E-state index contributed by atoms with van der Waals surface area (Å²) >= 11 is 11.6. The minimum absolute atomic E-state index is 0.0407. The Morgan fingerprint density at radius 3 is 2.41 bits per heavy atom. The van der Waals surface area contributed by atoms with Crippen LogP contribution in [0.3, 0.4) is 0 Å². The van der Waals surface area contributed by atoms with Gasteiger partial charge in [-0.1, -0.05) is 54.1 Å². The Morgan fingerprint density at radius 1 is 0.927 bits per heavy atom. The van der Waals surface area contributed by atoms with Crippen LogP contribution in [0, 0.1) is 6.92 Å². The number of amides is 2. The maximum Gasteiger partial charge on any atom is 0.253 e. The average Bonchev–Trinajstić information content (AvgIpc) is 3.47. The highest BCUT2D eigenvalue weighted by Crippen LogP contribution is 2.28. The van der Waals surface area contributed by atoms with Gasteiger partial charge in [0.15, 0.2) is 5.11 Å². The number of piperazine rings is 1. The normalized spacial score (nSPS) is 13.3. The second-order valence-electron chi connectivity index (χ2n) is 9.61. The fourth-order valence-electron chi connectivity index (χ4n) is 4.58. The van der Waals surface area contributed by atoms with Crippen molar-refractivity contribution in [3.63, 3.8) is 0 Å². The zero-order valence-corrected chi connectivity index (χ0v) is 24.0. The van der Waals surface area contributed by atoms with Gasteiger partial charge in [0.05, 0.1) is 11.4 Å². The molecule has 1 aliphatic rings. The Labute approximate surface area is 249 Å². The van der Waals surface area contributed by atoms with Gasteiger partial charge in [-0.15, -0.1) is 0 Å². The number of thiocarbonyl (C=S) groups is 1. The lowest BCUT2D eigenvalue weighted by Crippen LogP contribution is -2.49. The molecule has 9 heteroatoms. The largest absolute Gasteiger partial charge is 0.457 e. The first kappa shape index (κ1) is 28.1. The second kappa shape index (κ2) is 12.8. The molecule has 0 bridgehead atoms. The van der Waals surface area contributed by atoms with Crippen molar-refractivity contribution >= 4 is 58.2 Å². The van der Waals surface area contributed by atoms with Gasteiger partial charge in [-0.3, -0.25) is 14.9 Å². The minimum atomic E-state index is -0.385. The molecule has 1 fully saturated rings. The molecule has 0 saturated carbocycles. The van der Waals surface area contributed by atoms with Gasteiger partial charge in [-0.25, -0.2) is 0 Å². The second-order valence-corrected chi connectivity index (χ2v) is 10.4. The minimum Gasteiger partial charge on any atom is -0.457 e. The van der Waals surface area contributed by atoms with Crippen LogP contribution in [-0.4, -0.2) is 48.0 Å². The van der Waals surface area contributed by atoms with Gasteiger partial charge in [0, 0.05) is 48.4 Å². The molecule has 1 aliphatic heterocycles. The topological polar surface area (TPSA) is 77.8 Å². The molecule has 2 N–H and O–H groups in total. The summed E-state index contributed by atoms with van der Waals surface area (Å²) in [4.78, 5) is 29.4. The number of para-hydroxylation sites is 2. The number of anilines is 2. The third-order valence-corrected chi connectivity index (χ3v) is 7.41. The Hall–Kier alpha value is -4.40. The summed E-state index contributed by atoms with van der Waals surface area (Å²) in [7, 11) is 0. The predicted octanol–water partition coefficient (Wildman–Crippen LogP) is 6.40. The molecule has 2 amide bonds. The summed E-state index contributed by atoms with van der Waals surface area (Å²) in [5.41, 5.74) is 4.27. The van der Waals surface area contributed by atoms with Gasteiger partial charge in [0.25, 0.3) is 5.91 Å². The number of aryl methyl sites for hydroxylation is 1. The van der Waals surface area contributed by atoms with Crippen molar-refractivity contribution in [3.05, 3.63) is 113 Å². The Morgan fingerprint density at radius 2 is 1.66 bits per heavy atom. The van der Waals surface area contributed by atoms with Gasteiger partial charge in [-0.05, 0) is 73.2 Å². The summed E-state index contributed by atoms with van der Waals surface area (Å²) in [6, 6.07) is 26.4. The highest BCUT2D eigenvalue weighted by molar-refractivity contribution is 7.80. The molecule has 0 atom stereocenters. The predicted molar refractivity (Wildman–Crippen MR) is 168 cm³/mol. The van der Waals surface area contributed by atoms with E-state index in [1.54, 1.807) is 12.1 Å². The monoisotopic (exact) mass is 584 g/mol. The molecule has 3 aromatic carbocycles. The van der Waals surface area contributed by atoms with E-state index in [9.17, 15) is 9.59 Å². The van der Waals surface area contributed by atoms with Crippen LogP contribution in [-0.2, 0) is 4.79 Å². The van der Waals surface area contributed by atoms with Crippen LogP contribution >= 0.6 is 23.8 Å². The van der Waals surface area contributed by atoms with Crippen molar-refractivity contribution in [2.75, 3.05) is 36.4 Å². The van der Waals surface area contributed by atoms with Crippen molar-refractivity contribution in [1.29, 1.82) is 0 Å². The van der Waals surface area contributed by atoms with E-state index in [0.29, 0.717) is 48.3 Å². The fraction of sp³-hybridized carbons (Fsp3) is 0.156. The number of nitrogens with one attached hydrogen (secondary N) is 2. The van der Waals surface area contributed by atoms with E-state index in [4.69, 9.17) is 28.2 Å². The zero-order chi connectivity index (χ0) is 28.8. The van der Waals surface area contributed by atoms with E-state index in [-0.39, 0.29) is 16.9 Å². The number of rotatable bonds is 6. The first-order valence-corrected chi connectivity index (χ1v) is 14.0. The van der Waals surface area contributed by atoms with E-state index in [0.717, 1.165) is 22.5 Å². The summed E-state index contributed by atoms with van der Waals surface area (Å²) < 4.78 is 5.84. The molecule has 0 aliphatic carbocycles. The van der Waals surface area contributed by atoms with E-state index in [1.165, 1.54) is 6.08 Å². The summed E-state index contributed by atoms with van der Waals surface area (Å²) in [5.74, 6) is 0.843. The number of carbonyl (C=O) groups is 2. The third-order valence-electron chi connectivity index (χ3n) is 6.80. The van der Waals surface area contributed by atoms with Crippen molar-refractivity contribution in [3.8, 4) is 11.3 Å². The molecule has 41 heavy (non-hydrogen) atoms. The third kappa shape index (κ3) is 7.03. The smallest absolute Gasteiger partial charge is 0.253 e. The molecule has 2 heterocycles. The Balaban J connectivity index is 1.15. The molecule has 208 valence electrons. The average molecular weight is 585 g/mol. The standard InChI is InChI=1S/C32H29ClN4O3S/c1-22-11-12-24(21-26(22)33)29-15-13-25(40-29)14-16-30(38)35-32(41)34-27-9-5-6-10-28(27)36-17-19-37(20-18-36)31(39)23-7-3-2-4-8-23/h2-16,21H,17-20H2,1H3,(H2,34,35,38,41)/b16-14+. The number of nitrogens with zero attached hydrogens (tertiary/aromatic N) is 2. The van der Waals surface area contributed by atoms with E-state index in [2.05, 4.69) is 15.5 Å². The molecule has 1 aromatic heterocycles. The quantitative estimate of drug-likeness (QED) is 0.202. The maximum absolute atomic E-state index is 12.8. The van der Waals surface area contributed by atoms with E-state index in [1.807, 2.05) is 90.7 Å². The first-order valence-electron chi connectivity index (χ1n) is 13.2. The van der Waals surface area contributed by atoms with Crippen molar-refractivity contribution < 1.29 is 14.0 Å². The first-order chi connectivity index (χ1) is 19.9. The van der Waals surface area contributed by atoms with Gasteiger partial charge >= 0.3 is 0 Å². The van der Waals surface area contributed by atoms with Crippen molar-refractivity contribution in [1.82, 2.24) is 10.2 Å².